The zero-order chi connectivity index (χ0) is 12.3. The van der Waals surface area contributed by atoms with Crippen molar-refractivity contribution in [2.45, 2.75) is 13.8 Å². The molecule has 0 saturated carbocycles. The van der Waals surface area contributed by atoms with E-state index < -0.39 is 0 Å². The number of hydrogen-bond donors (Lipinski definition) is 1. The number of amides is 1. The Morgan fingerprint density at radius 3 is 2.56 bits per heavy atom. The second kappa shape index (κ2) is 5.07. The molecule has 0 aliphatic heterocycles. The molecule has 0 fully saturated rings. The van der Waals surface area contributed by atoms with Crippen LogP contribution in [0.25, 0.3) is 0 Å². The molecule has 0 aromatic carbocycles. The van der Waals surface area contributed by atoms with Crippen LogP contribution in [0.4, 0.5) is 5.00 Å². The lowest BCUT2D eigenvalue weighted by Crippen LogP contribution is -2.28. The Bertz CT molecular complexity index is 412. The first kappa shape index (κ1) is 12.6. The van der Waals surface area contributed by atoms with Crippen LogP contribution in [0.1, 0.15) is 23.0 Å². The molecular formula is C10H15N3O2S. The number of anilines is 1. The van der Waals surface area contributed by atoms with Crippen LogP contribution < -0.4 is 5.32 Å². The van der Waals surface area contributed by atoms with E-state index in [1.165, 1.54) is 23.4 Å². The van der Waals surface area contributed by atoms with E-state index in [1.54, 1.807) is 21.0 Å². The van der Waals surface area contributed by atoms with Crippen molar-refractivity contribution in [3.05, 3.63) is 11.3 Å². The van der Waals surface area contributed by atoms with Crippen LogP contribution in [0, 0.1) is 6.92 Å². The number of hydrogen-bond acceptors (Lipinski definition) is 5. The Morgan fingerprint density at radius 1 is 1.44 bits per heavy atom. The molecule has 1 amide bonds. The maximum absolute atomic E-state index is 11.4. The SMILES string of the molecule is CC(=O)c1c(C)nsc1NCC(=O)N(C)C. The van der Waals surface area contributed by atoms with Gasteiger partial charge in [0.2, 0.25) is 5.91 Å². The molecule has 0 saturated heterocycles. The van der Waals surface area contributed by atoms with E-state index in [-0.39, 0.29) is 18.2 Å². The average molecular weight is 241 g/mol. The molecule has 0 radical (unpaired) electrons. The van der Waals surface area contributed by atoms with Crippen molar-refractivity contribution in [3.8, 4) is 0 Å². The highest BCUT2D eigenvalue weighted by atomic mass is 32.1. The van der Waals surface area contributed by atoms with Crippen LogP contribution in [0.15, 0.2) is 0 Å². The minimum Gasteiger partial charge on any atom is -0.366 e. The summed E-state index contributed by atoms with van der Waals surface area (Å²) in [5, 5.41) is 3.61. The normalized spacial score (nSPS) is 10.0. The number of ketones is 1. The van der Waals surface area contributed by atoms with Gasteiger partial charge in [-0.1, -0.05) is 0 Å². The summed E-state index contributed by atoms with van der Waals surface area (Å²) in [6, 6.07) is 0. The van der Waals surface area contributed by atoms with Crippen LogP contribution in [-0.4, -0.2) is 41.6 Å². The molecular weight excluding hydrogens is 226 g/mol. The average Bonchev–Trinajstić information content (AvgIpc) is 2.55. The molecule has 6 heteroatoms. The van der Waals surface area contributed by atoms with Crippen molar-refractivity contribution in [1.29, 1.82) is 0 Å². The number of carbonyl (C=O) groups excluding carboxylic acids is 2. The first-order valence-electron chi connectivity index (χ1n) is 4.84. The third-order valence-corrected chi connectivity index (χ3v) is 3.01. The maximum Gasteiger partial charge on any atom is 0.241 e. The highest BCUT2D eigenvalue weighted by Gasteiger charge is 2.15. The van der Waals surface area contributed by atoms with Gasteiger partial charge in [-0.25, -0.2) is 0 Å². The topological polar surface area (TPSA) is 62.3 Å². The Balaban J connectivity index is 2.75. The number of Topliss-reactive ketones (excluding diaryl/α,β-unsaturated/α-hetero) is 1. The maximum atomic E-state index is 11.4. The Morgan fingerprint density at radius 2 is 2.06 bits per heavy atom. The zero-order valence-corrected chi connectivity index (χ0v) is 10.6. The van der Waals surface area contributed by atoms with Gasteiger partial charge in [-0.2, -0.15) is 4.37 Å². The molecule has 0 aliphatic rings. The summed E-state index contributed by atoms with van der Waals surface area (Å²) in [6.07, 6.45) is 0. The third-order valence-electron chi connectivity index (χ3n) is 2.11. The molecule has 1 aromatic rings. The summed E-state index contributed by atoms with van der Waals surface area (Å²) in [6.45, 7) is 3.46. The number of nitrogens with one attached hydrogen (secondary N) is 1. The predicted molar refractivity (Wildman–Crippen MR) is 64.0 cm³/mol. The summed E-state index contributed by atoms with van der Waals surface area (Å²) in [4.78, 5) is 24.2. The van der Waals surface area contributed by atoms with E-state index >= 15 is 0 Å². The van der Waals surface area contributed by atoms with Crippen molar-refractivity contribution in [3.63, 3.8) is 0 Å². The van der Waals surface area contributed by atoms with Gasteiger partial charge in [0.1, 0.15) is 5.00 Å². The second-order valence-corrected chi connectivity index (χ2v) is 4.44. The predicted octanol–water partition coefficient (Wildman–Crippen LogP) is 1.15. The summed E-state index contributed by atoms with van der Waals surface area (Å²) in [5.74, 6) is -0.0772. The van der Waals surface area contributed by atoms with Gasteiger partial charge in [0, 0.05) is 14.1 Å². The first-order valence-corrected chi connectivity index (χ1v) is 5.62. The highest BCUT2D eigenvalue weighted by Crippen LogP contribution is 2.24. The van der Waals surface area contributed by atoms with Gasteiger partial charge in [0.25, 0.3) is 0 Å². The molecule has 0 spiro atoms. The molecule has 5 nitrogen and oxygen atoms in total. The molecule has 0 aliphatic carbocycles. The van der Waals surface area contributed by atoms with Gasteiger partial charge in [-0.05, 0) is 25.4 Å². The van der Waals surface area contributed by atoms with Crippen LogP contribution >= 0.6 is 11.5 Å². The monoisotopic (exact) mass is 241 g/mol. The molecule has 1 heterocycles. The Hall–Kier alpha value is -1.43. The summed E-state index contributed by atoms with van der Waals surface area (Å²) in [5.41, 5.74) is 1.29. The number of rotatable bonds is 4. The Kier molecular flexibility index (Phi) is 4.00. The molecule has 88 valence electrons. The molecule has 1 aromatic heterocycles. The summed E-state index contributed by atoms with van der Waals surface area (Å²) < 4.78 is 4.09. The fourth-order valence-corrected chi connectivity index (χ4v) is 2.06. The van der Waals surface area contributed by atoms with Gasteiger partial charge < -0.3 is 10.2 Å². The van der Waals surface area contributed by atoms with Gasteiger partial charge in [0.15, 0.2) is 5.78 Å². The number of likely N-dealkylation sites (N-methyl/N-ethyl adjacent to an activating group) is 1. The quantitative estimate of drug-likeness (QED) is 0.803. The molecule has 0 atom stereocenters. The van der Waals surface area contributed by atoms with Crippen molar-refractivity contribution in [2.24, 2.45) is 0 Å². The largest absolute Gasteiger partial charge is 0.366 e. The number of aryl methyl sites for hydroxylation is 1. The zero-order valence-electron chi connectivity index (χ0n) is 9.83. The number of aromatic nitrogens is 1. The molecule has 0 unspecified atom stereocenters. The van der Waals surface area contributed by atoms with Crippen LogP contribution in [0.2, 0.25) is 0 Å². The van der Waals surface area contributed by atoms with Gasteiger partial charge >= 0.3 is 0 Å². The Labute approximate surface area is 98.6 Å². The first-order chi connectivity index (χ1) is 7.43. The van der Waals surface area contributed by atoms with E-state index in [0.717, 1.165) is 0 Å². The van der Waals surface area contributed by atoms with Gasteiger partial charge in [-0.3, -0.25) is 9.59 Å². The summed E-state index contributed by atoms with van der Waals surface area (Å²) >= 11 is 1.21. The molecule has 1 N–H and O–H groups in total. The second-order valence-electron chi connectivity index (χ2n) is 3.67. The fraction of sp³-hybridized carbons (Fsp3) is 0.500. The molecule has 0 bridgehead atoms. The minimum atomic E-state index is -0.0412. The lowest BCUT2D eigenvalue weighted by atomic mass is 10.2. The van der Waals surface area contributed by atoms with E-state index in [2.05, 4.69) is 9.69 Å². The van der Waals surface area contributed by atoms with Crippen molar-refractivity contribution in [1.82, 2.24) is 9.27 Å². The van der Waals surface area contributed by atoms with Crippen molar-refractivity contribution < 1.29 is 9.59 Å². The van der Waals surface area contributed by atoms with Crippen LogP contribution in [0.5, 0.6) is 0 Å². The molecule has 1 rings (SSSR count). The highest BCUT2D eigenvalue weighted by molar-refractivity contribution is 7.10. The van der Waals surface area contributed by atoms with E-state index in [4.69, 9.17) is 0 Å². The van der Waals surface area contributed by atoms with Crippen molar-refractivity contribution >= 4 is 28.2 Å². The number of carbonyl (C=O) groups is 2. The smallest absolute Gasteiger partial charge is 0.241 e. The van der Waals surface area contributed by atoms with Gasteiger partial charge in [-0.15, -0.1) is 0 Å². The molecule has 16 heavy (non-hydrogen) atoms. The summed E-state index contributed by atoms with van der Waals surface area (Å²) in [7, 11) is 3.38. The third kappa shape index (κ3) is 2.79. The van der Waals surface area contributed by atoms with E-state index in [9.17, 15) is 9.59 Å². The standard InChI is InChI=1S/C10H15N3O2S/c1-6-9(7(2)14)10(16-12-6)11-5-8(15)13(3)4/h11H,5H2,1-4H3. The van der Waals surface area contributed by atoms with Gasteiger partial charge in [0.05, 0.1) is 17.8 Å². The number of nitrogens with zero attached hydrogens (tertiary/aromatic N) is 2. The van der Waals surface area contributed by atoms with Crippen LogP contribution in [0.3, 0.4) is 0 Å². The van der Waals surface area contributed by atoms with Crippen LogP contribution in [-0.2, 0) is 4.79 Å². The lowest BCUT2D eigenvalue weighted by Gasteiger charge is -2.11. The minimum absolute atomic E-state index is 0.0361. The van der Waals surface area contributed by atoms with Crippen molar-refractivity contribution in [2.75, 3.05) is 26.0 Å². The fourth-order valence-electron chi connectivity index (χ4n) is 1.22. The van der Waals surface area contributed by atoms with E-state index in [0.29, 0.717) is 16.3 Å². The lowest BCUT2D eigenvalue weighted by molar-refractivity contribution is -0.126. The van der Waals surface area contributed by atoms with E-state index in [1.807, 2.05) is 0 Å².